The molecule has 0 nitrogen and oxygen atoms in total. The van der Waals surface area contributed by atoms with Crippen molar-refractivity contribution in [1.29, 1.82) is 0 Å². The number of aryl methyl sites for hydroxylation is 4. The third-order valence-corrected chi connectivity index (χ3v) is 8.22. The molecule has 2 aromatic carbocycles. The van der Waals surface area contributed by atoms with Crippen molar-refractivity contribution in [2.45, 2.75) is 101 Å². The Balaban J connectivity index is -0.00000162. The van der Waals surface area contributed by atoms with Crippen molar-refractivity contribution in [1.82, 2.24) is 0 Å². The largest absolute Gasteiger partial charge is 3.00 e. The van der Waals surface area contributed by atoms with Crippen LogP contribution in [0.5, 0.6) is 0 Å². The predicted molar refractivity (Wildman–Crippen MR) is 185 cm³/mol. The summed E-state index contributed by atoms with van der Waals surface area (Å²) < 4.78 is 0. The Hall–Kier alpha value is -0.938. The molecule has 1 unspecified atom stereocenters. The maximum atomic E-state index is 2.50. The van der Waals surface area contributed by atoms with Gasteiger partial charge in [-0.1, -0.05) is 116 Å². The van der Waals surface area contributed by atoms with E-state index in [1.807, 2.05) is 27.7 Å². The average Bonchev–Trinajstić information content (AvgIpc) is 3.62. The van der Waals surface area contributed by atoms with Crippen LogP contribution in [0.2, 0.25) is 0 Å². The van der Waals surface area contributed by atoms with Crippen molar-refractivity contribution in [2.75, 3.05) is 0 Å². The fourth-order valence-corrected chi connectivity index (χ4v) is 5.57. The van der Waals surface area contributed by atoms with Crippen molar-refractivity contribution >= 4 is 11.1 Å². The standard InChI is InChI=1S/C33H37.2C2H6.CH4.2CH3.W.Y/c1-5-24-6-7-28(18-24)32-15-10-25-9-14-30-21-33(16-11-26(30)8-13-29(25)20-32)31-17-12-27(19-31)23(4)22(2)3;2*1-2;;;;;/h5-7,10-12,15-17,20-23H,8-9,13-14,18-19H2,1-4H3;2*1-2H3;1H4;2*1H3;;/q-1;;;;2*-1;;+3. The van der Waals surface area contributed by atoms with Gasteiger partial charge in [0, 0.05) is 21.1 Å². The molecule has 0 N–H and O–H groups in total. The van der Waals surface area contributed by atoms with Crippen molar-refractivity contribution in [2.24, 2.45) is 11.8 Å². The molecule has 0 saturated heterocycles. The minimum Gasteiger partial charge on any atom is -0.358 e. The number of rotatable bonds is 5. The van der Waals surface area contributed by atoms with E-state index in [2.05, 4.69) is 94.8 Å². The Morgan fingerprint density at radius 3 is 1.48 bits per heavy atom. The van der Waals surface area contributed by atoms with Crippen LogP contribution in [-0.2, 0) is 79.5 Å². The van der Waals surface area contributed by atoms with E-state index in [1.165, 1.54) is 27.8 Å². The van der Waals surface area contributed by atoms with Crippen LogP contribution < -0.4 is 0 Å². The van der Waals surface area contributed by atoms with Crippen molar-refractivity contribution in [3.8, 4) is 0 Å². The summed E-state index contributed by atoms with van der Waals surface area (Å²) in [4.78, 5) is 0. The molecule has 3 aliphatic rings. The van der Waals surface area contributed by atoms with E-state index < -0.39 is 0 Å². The summed E-state index contributed by atoms with van der Waals surface area (Å²) in [7, 11) is 0. The molecule has 3 aliphatic carbocycles. The Bertz CT molecular complexity index is 1190. The van der Waals surface area contributed by atoms with E-state index >= 15 is 0 Å². The molecule has 0 saturated carbocycles. The average molecular weight is 813 g/mol. The Morgan fingerprint density at radius 1 is 0.619 bits per heavy atom. The molecule has 42 heavy (non-hydrogen) atoms. The zero-order valence-corrected chi connectivity index (χ0v) is 33.5. The molecule has 0 aliphatic heterocycles. The zero-order chi connectivity index (χ0) is 26.9. The summed E-state index contributed by atoms with van der Waals surface area (Å²) in [5.41, 5.74) is 15.0. The molecule has 1 atom stereocenters. The summed E-state index contributed by atoms with van der Waals surface area (Å²) in [6, 6.07) is 14.5. The van der Waals surface area contributed by atoms with Crippen molar-refractivity contribution < 1.29 is 53.8 Å². The number of hydrogen-bond acceptors (Lipinski definition) is 0. The normalized spacial score (nSPS) is 14.8. The van der Waals surface area contributed by atoms with Gasteiger partial charge in [0.15, 0.2) is 0 Å². The molecule has 0 aromatic heterocycles. The molecule has 228 valence electrons. The van der Waals surface area contributed by atoms with Crippen molar-refractivity contribution in [3.63, 3.8) is 0 Å². The van der Waals surface area contributed by atoms with Crippen LogP contribution in [0, 0.1) is 33.1 Å². The van der Waals surface area contributed by atoms with Gasteiger partial charge >= 0.3 is 32.7 Å². The smallest absolute Gasteiger partial charge is 0.358 e. The monoisotopic (exact) mass is 812 g/mol. The third kappa shape index (κ3) is 11.2. The third-order valence-electron chi connectivity index (χ3n) is 8.22. The van der Waals surface area contributed by atoms with Gasteiger partial charge in [-0.3, -0.25) is 0 Å². The van der Waals surface area contributed by atoms with Gasteiger partial charge in [0.05, 0.1) is 0 Å². The molecule has 0 radical (unpaired) electrons. The summed E-state index contributed by atoms with van der Waals surface area (Å²) in [5.74, 6) is 1.36. The van der Waals surface area contributed by atoms with Crippen LogP contribution in [0.1, 0.15) is 109 Å². The molecule has 2 heteroatoms. The molecule has 0 amide bonds. The fourth-order valence-electron chi connectivity index (χ4n) is 5.57. The number of hydrogen-bond donors (Lipinski definition) is 0. The first kappa shape index (κ1) is 45.5. The second kappa shape index (κ2) is 22.6. The van der Waals surface area contributed by atoms with E-state index in [0.29, 0.717) is 11.8 Å². The van der Waals surface area contributed by atoms with E-state index in [4.69, 9.17) is 0 Å². The van der Waals surface area contributed by atoms with Gasteiger partial charge < -0.3 is 14.9 Å². The van der Waals surface area contributed by atoms with E-state index in [-0.39, 0.29) is 76.1 Å². The second-order valence-corrected chi connectivity index (χ2v) is 10.5. The maximum absolute atomic E-state index is 2.50. The minimum atomic E-state index is 0. The van der Waals surface area contributed by atoms with Crippen LogP contribution >= 0.6 is 0 Å². The van der Waals surface area contributed by atoms with Crippen LogP contribution in [0.15, 0.2) is 71.8 Å². The first-order valence-electron chi connectivity index (χ1n) is 14.8. The SMILES string of the molecule is C.CC.CC.C[CH-]C1=CC=C(c2ccc3c(c2)CCc2ccc(C4=CC=C(C(C)C(C)C)C4)cc2CC3)C1.[CH3-].[CH3-].[W].[Y+3]. The maximum Gasteiger partial charge on any atom is 3.00 e. The molecular formula is C40H59WY. The first-order chi connectivity index (χ1) is 18.0. The second-order valence-electron chi connectivity index (χ2n) is 10.5. The first-order valence-corrected chi connectivity index (χ1v) is 14.8. The molecule has 2 aromatic rings. The van der Waals surface area contributed by atoms with Crippen LogP contribution in [0.25, 0.3) is 11.1 Å². The topological polar surface area (TPSA) is 0 Å². The molecule has 5 rings (SSSR count). The van der Waals surface area contributed by atoms with Crippen LogP contribution in [0.4, 0.5) is 0 Å². The molecule has 0 spiro atoms. The van der Waals surface area contributed by atoms with Gasteiger partial charge in [-0.15, -0.1) is 13.0 Å². The summed E-state index contributed by atoms with van der Waals surface area (Å²) in [5, 5.41) is 0. The minimum absolute atomic E-state index is 0. The van der Waals surface area contributed by atoms with E-state index in [9.17, 15) is 0 Å². The van der Waals surface area contributed by atoms with Gasteiger partial charge in [0.1, 0.15) is 0 Å². The fraction of sp³-hybridized carbons (Fsp3) is 0.425. The van der Waals surface area contributed by atoms with E-state index in [1.54, 1.807) is 27.8 Å². The van der Waals surface area contributed by atoms with Crippen LogP contribution in [0.3, 0.4) is 0 Å². The zero-order valence-electron chi connectivity index (χ0n) is 27.7. The molecular weight excluding hydrogens is 753 g/mol. The van der Waals surface area contributed by atoms with Gasteiger partial charge in [-0.2, -0.15) is 0 Å². The van der Waals surface area contributed by atoms with E-state index in [0.717, 1.165) is 38.5 Å². The molecule has 0 fully saturated rings. The summed E-state index contributed by atoms with van der Waals surface area (Å²) in [6.07, 6.45) is 18.3. The van der Waals surface area contributed by atoms with Crippen molar-refractivity contribution in [3.05, 3.63) is 127 Å². The quantitative estimate of drug-likeness (QED) is 0.264. The van der Waals surface area contributed by atoms with Gasteiger partial charge in [0.25, 0.3) is 0 Å². The Morgan fingerprint density at radius 2 is 1.05 bits per heavy atom. The number of fused-ring (bicyclic) bond motifs is 2. The Kier molecular flexibility index (Phi) is 24.4. The predicted octanol–water partition coefficient (Wildman–Crippen LogP) is 12.1. The van der Waals surface area contributed by atoms with Crippen LogP contribution in [-0.4, -0.2) is 0 Å². The number of benzene rings is 2. The molecule has 0 heterocycles. The van der Waals surface area contributed by atoms with Gasteiger partial charge in [-0.25, -0.2) is 18.1 Å². The molecule has 0 bridgehead atoms. The summed E-state index contributed by atoms with van der Waals surface area (Å²) >= 11 is 0. The number of allylic oxidation sites excluding steroid dienone is 8. The van der Waals surface area contributed by atoms with Gasteiger partial charge in [0.2, 0.25) is 0 Å². The Labute approximate surface area is 302 Å². The van der Waals surface area contributed by atoms with Gasteiger partial charge in [-0.05, 0) is 89.3 Å². The summed E-state index contributed by atoms with van der Waals surface area (Å²) in [6.45, 7) is 17.2.